The molecule has 0 atom stereocenters. The lowest BCUT2D eigenvalue weighted by Gasteiger charge is -2.01. The lowest BCUT2D eigenvalue weighted by Crippen LogP contribution is -2.02. The number of hydrogen-bond donors (Lipinski definition) is 0. The van der Waals surface area contributed by atoms with Crippen LogP contribution in [0.4, 0.5) is 0 Å². The molecule has 0 unspecified atom stereocenters. The van der Waals surface area contributed by atoms with Gasteiger partial charge in [0.1, 0.15) is 18.7 Å². The number of fused-ring (bicyclic) bond motifs is 4. The first-order chi connectivity index (χ1) is 15.2. The van der Waals surface area contributed by atoms with E-state index in [0.29, 0.717) is 11.3 Å². The van der Waals surface area contributed by atoms with E-state index in [4.69, 9.17) is 9.68 Å². The van der Waals surface area contributed by atoms with Crippen molar-refractivity contribution in [3.63, 3.8) is 0 Å². The van der Waals surface area contributed by atoms with Gasteiger partial charge in [0.15, 0.2) is 5.76 Å². The van der Waals surface area contributed by atoms with Crippen molar-refractivity contribution in [2.75, 3.05) is 6.54 Å². The third-order valence-electron chi connectivity index (χ3n) is 5.66. The highest BCUT2D eigenvalue weighted by Gasteiger charge is 2.15. The maximum absolute atomic E-state index is 12.7. The zero-order valence-corrected chi connectivity index (χ0v) is 17.0. The molecule has 0 saturated carbocycles. The van der Waals surface area contributed by atoms with Crippen LogP contribution < -0.4 is 0 Å². The number of furan rings is 1. The number of carbonyl (C=O) groups excluding carboxylic acids is 1. The summed E-state index contributed by atoms with van der Waals surface area (Å²) in [6.45, 7) is 2.23. The zero-order chi connectivity index (χ0) is 21.4. The van der Waals surface area contributed by atoms with Crippen molar-refractivity contribution in [1.82, 2.24) is 4.57 Å². The summed E-state index contributed by atoms with van der Waals surface area (Å²) in [4.78, 5) is 17.1. The highest BCUT2D eigenvalue weighted by Crippen LogP contribution is 2.28. The molecule has 2 heterocycles. The number of ketones is 1. The van der Waals surface area contributed by atoms with Gasteiger partial charge in [-0.1, -0.05) is 48.5 Å². The fourth-order valence-electron chi connectivity index (χ4n) is 4.12. The van der Waals surface area contributed by atoms with E-state index in [1.54, 1.807) is 12.3 Å². The number of nitrogens with zero attached hydrogens (tertiary/aromatic N) is 3. The molecule has 5 aromatic rings. The smallest absolute Gasteiger partial charge is 0.219 e. The molecule has 150 valence electrons. The minimum atomic E-state index is -0.171. The molecule has 0 saturated heterocycles. The maximum Gasteiger partial charge on any atom is 0.219 e. The van der Waals surface area contributed by atoms with Crippen LogP contribution in [0.5, 0.6) is 0 Å². The Morgan fingerprint density at radius 3 is 2.68 bits per heavy atom. The molecule has 0 fully saturated rings. The molecule has 0 spiro atoms. The first-order valence-electron chi connectivity index (χ1n) is 10.1. The third-order valence-corrected chi connectivity index (χ3v) is 5.66. The Kier molecular flexibility index (Phi) is 4.61. The second-order valence-corrected chi connectivity index (χ2v) is 7.46. The van der Waals surface area contributed by atoms with Gasteiger partial charge in [-0.3, -0.25) is 9.79 Å². The van der Waals surface area contributed by atoms with E-state index in [1.165, 1.54) is 0 Å². The average Bonchev–Trinajstić information content (AvgIpc) is 3.35. The van der Waals surface area contributed by atoms with Crippen LogP contribution in [0.3, 0.4) is 0 Å². The van der Waals surface area contributed by atoms with Gasteiger partial charge in [0.05, 0.1) is 6.07 Å². The molecule has 5 nitrogen and oxygen atoms in total. The van der Waals surface area contributed by atoms with Crippen LogP contribution in [0.15, 0.2) is 76.1 Å². The number of Topliss-reactive ketones (excluding diaryl/α,β-unsaturated/α-hetero) is 1. The number of aliphatic imine (C=N–C) groups is 1. The van der Waals surface area contributed by atoms with Crippen molar-refractivity contribution >= 4 is 44.6 Å². The van der Waals surface area contributed by atoms with Crippen LogP contribution in [0.2, 0.25) is 0 Å². The van der Waals surface area contributed by atoms with Crippen LogP contribution >= 0.6 is 0 Å². The summed E-state index contributed by atoms with van der Waals surface area (Å²) < 4.78 is 7.77. The van der Waals surface area contributed by atoms with Crippen LogP contribution in [-0.2, 0) is 6.54 Å². The van der Waals surface area contributed by atoms with Crippen molar-refractivity contribution in [3.05, 3.63) is 83.7 Å². The van der Waals surface area contributed by atoms with Crippen molar-refractivity contribution in [2.24, 2.45) is 4.99 Å². The number of carbonyl (C=O) groups is 1. The van der Waals surface area contributed by atoms with Crippen molar-refractivity contribution < 1.29 is 9.21 Å². The topological polar surface area (TPSA) is 71.3 Å². The second-order valence-electron chi connectivity index (χ2n) is 7.46. The number of rotatable bonds is 5. The summed E-state index contributed by atoms with van der Waals surface area (Å²) in [5.41, 5.74) is 3.56. The highest BCUT2D eigenvalue weighted by atomic mass is 16.3. The minimum Gasteiger partial charge on any atom is -0.453 e. The van der Waals surface area contributed by atoms with Gasteiger partial charge in [0, 0.05) is 33.8 Å². The standard InChI is InChI=1S/C26H19N3O2/c1-17-22(20-8-4-5-9-23(20)29(17)13-12-27)15-28-16-24(30)26-14-21-19-7-3-2-6-18(19)10-11-25(21)31-26/h2-11,14-15H,13,16H2,1H3. The van der Waals surface area contributed by atoms with Gasteiger partial charge in [0.2, 0.25) is 5.78 Å². The lowest BCUT2D eigenvalue weighted by atomic mass is 10.1. The summed E-state index contributed by atoms with van der Waals surface area (Å²) in [6, 6.07) is 23.8. The molecule has 3 aromatic carbocycles. The summed E-state index contributed by atoms with van der Waals surface area (Å²) in [5.74, 6) is 0.141. The number of para-hydroxylation sites is 1. The quantitative estimate of drug-likeness (QED) is 0.279. The van der Waals surface area contributed by atoms with Gasteiger partial charge in [-0.05, 0) is 35.9 Å². The third kappa shape index (κ3) is 3.19. The number of benzene rings is 3. The van der Waals surface area contributed by atoms with E-state index in [9.17, 15) is 4.79 Å². The molecule has 5 rings (SSSR count). The number of nitriles is 1. The first kappa shape index (κ1) is 18.8. The molecule has 0 N–H and O–H groups in total. The molecular weight excluding hydrogens is 386 g/mol. The Balaban J connectivity index is 1.44. The summed E-state index contributed by atoms with van der Waals surface area (Å²) in [7, 11) is 0. The fraction of sp³-hybridized carbons (Fsp3) is 0.115. The summed E-state index contributed by atoms with van der Waals surface area (Å²) in [5, 5.41) is 13.3. The molecule has 0 aliphatic carbocycles. The molecule has 0 aliphatic rings. The van der Waals surface area contributed by atoms with Crippen LogP contribution in [-0.4, -0.2) is 23.1 Å². The predicted octanol–water partition coefficient (Wildman–Crippen LogP) is 5.67. The number of hydrogen-bond acceptors (Lipinski definition) is 4. The number of aromatic nitrogens is 1. The minimum absolute atomic E-state index is 0.00501. The molecular formula is C26H19N3O2. The van der Waals surface area contributed by atoms with Crippen LogP contribution in [0.1, 0.15) is 21.8 Å². The van der Waals surface area contributed by atoms with E-state index in [2.05, 4.69) is 11.1 Å². The Bertz CT molecular complexity index is 1530. The van der Waals surface area contributed by atoms with Gasteiger partial charge in [-0.15, -0.1) is 0 Å². The van der Waals surface area contributed by atoms with E-state index < -0.39 is 0 Å². The normalized spacial score (nSPS) is 11.6. The van der Waals surface area contributed by atoms with Crippen molar-refractivity contribution in [1.29, 1.82) is 5.26 Å². The average molecular weight is 405 g/mol. The van der Waals surface area contributed by atoms with E-state index in [-0.39, 0.29) is 18.9 Å². The Hall–Kier alpha value is -4.17. The molecule has 31 heavy (non-hydrogen) atoms. The Labute approximate surface area is 178 Å². The van der Waals surface area contributed by atoms with Crippen LogP contribution in [0.25, 0.3) is 32.6 Å². The zero-order valence-electron chi connectivity index (χ0n) is 17.0. The Morgan fingerprint density at radius 2 is 1.84 bits per heavy atom. The van der Waals surface area contributed by atoms with Crippen molar-refractivity contribution in [2.45, 2.75) is 13.5 Å². The molecule has 0 amide bonds. The molecule has 2 aromatic heterocycles. The predicted molar refractivity (Wildman–Crippen MR) is 123 cm³/mol. The van der Waals surface area contributed by atoms with E-state index in [0.717, 1.165) is 38.3 Å². The maximum atomic E-state index is 12.7. The molecule has 0 radical (unpaired) electrons. The van der Waals surface area contributed by atoms with Crippen molar-refractivity contribution in [3.8, 4) is 6.07 Å². The van der Waals surface area contributed by atoms with Gasteiger partial charge in [0.25, 0.3) is 0 Å². The van der Waals surface area contributed by atoms with E-state index in [1.807, 2.05) is 72.2 Å². The lowest BCUT2D eigenvalue weighted by molar-refractivity contribution is 0.0978. The van der Waals surface area contributed by atoms with Gasteiger partial charge < -0.3 is 8.98 Å². The Morgan fingerprint density at radius 1 is 1.06 bits per heavy atom. The highest BCUT2D eigenvalue weighted by molar-refractivity contribution is 6.09. The van der Waals surface area contributed by atoms with E-state index >= 15 is 0 Å². The molecule has 0 bridgehead atoms. The molecule has 5 heteroatoms. The van der Waals surface area contributed by atoms with Gasteiger partial charge in [-0.25, -0.2) is 0 Å². The fourth-order valence-corrected chi connectivity index (χ4v) is 4.12. The van der Waals surface area contributed by atoms with Gasteiger partial charge in [-0.2, -0.15) is 5.26 Å². The largest absolute Gasteiger partial charge is 0.453 e. The molecule has 0 aliphatic heterocycles. The first-order valence-corrected chi connectivity index (χ1v) is 10.1. The monoisotopic (exact) mass is 405 g/mol. The second kappa shape index (κ2) is 7.58. The van der Waals surface area contributed by atoms with Crippen LogP contribution in [0, 0.1) is 18.3 Å². The SMILES string of the molecule is Cc1c(C=NCC(=O)c2cc3c(ccc4ccccc43)o2)c2ccccc2n1CC#N. The summed E-state index contributed by atoms with van der Waals surface area (Å²) >= 11 is 0. The summed E-state index contributed by atoms with van der Waals surface area (Å²) in [6.07, 6.45) is 1.72. The van der Waals surface area contributed by atoms with Gasteiger partial charge >= 0.3 is 0 Å².